The Bertz CT molecular complexity index is 3120. The van der Waals surface area contributed by atoms with Crippen molar-refractivity contribution in [1.82, 2.24) is 19.1 Å². The van der Waals surface area contributed by atoms with Crippen LogP contribution in [0.2, 0.25) is 0 Å². The van der Waals surface area contributed by atoms with Crippen LogP contribution in [0.25, 0.3) is 66.4 Å². The van der Waals surface area contributed by atoms with E-state index in [0.717, 1.165) is 67.1 Å². The minimum absolute atomic E-state index is 0.0248. The van der Waals surface area contributed by atoms with Crippen molar-refractivity contribution in [1.29, 1.82) is 0 Å². The number of benzene rings is 5. The third-order valence-corrected chi connectivity index (χ3v) is 12.3. The highest BCUT2D eigenvalue weighted by atomic mass is 16.5. The summed E-state index contributed by atoms with van der Waals surface area (Å²) in [6, 6.07) is 44.2. The van der Waals surface area contributed by atoms with Crippen LogP contribution in [-0.4, -0.2) is 19.1 Å². The van der Waals surface area contributed by atoms with Gasteiger partial charge in [-0.1, -0.05) is 138 Å². The lowest BCUT2D eigenvalue weighted by Gasteiger charge is -2.26. The predicted molar refractivity (Wildman–Crippen MR) is 257 cm³/mol. The zero-order valence-electron chi connectivity index (χ0n) is 37.9. The summed E-state index contributed by atoms with van der Waals surface area (Å²) in [6.45, 7) is 27.3. The summed E-state index contributed by atoms with van der Waals surface area (Å²) in [5.41, 5.74) is 11.4. The second kappa shape index (κ2) is 14.2. The summed E-state index contributed by atoms with van der Waals surface area (Å²) >= 11 is 0. The van der Waals surface area contributed by atoms with Crippen LogP contribution in [0.15, 0.2) is 134 Å². The van der Waals surface area contributed by atoms with Crippen molar-refractivity contribution in [2.45, 2.75) is 105 Å². The molecule has 5 aromatic carbocycles. The van der Waals surface area contributed by atoms with E-state index in [1.54, 1.807) is 0 Å². The molecule has 0 aliphatic carbocycles. The van der Waals surface area contributed by atoms with Gasteiger partial charge in [-0.3, -0.25) is 9.13 Å². The van der Waals surface area contributed by atoms with Gasteiger partial charge in [0.2, 0.25) is 0 Å². The third kappa shape index (κ3) is 7.28. The van der Waals surface area contributed by atoms with Gasteiger partial charge in [0.05, 0.1) is 22.1 Å². The number of aromatic nitrogens is 4. The molecule has 0 atom stereocenters. The second-order valence-corrected chi connectivity index (χ2v) is 21.0. The van der Waals surface area contributed by atoms with Crippen molar-refractivity contribution in [2.75, 3.05) is 0 Å². The summed E-state index contributed by atoms with van der Waals surface area (Å²) in [4.78, 5) is 9.94. The first-order chi connectivity index (χ1) is 28.8. The van der Waals surface area contributed by atoms with Crippen LogP contribution in [-0.2, 0) is 21.7 Å². The Labute approximate surface area is 361 Å². The molecular formula is C56H58N4O. The van der Waals surface area contributed by atoms with Crippen molar-refractivity contribution < 1.29 is 4.74 Å². The Hall–Kier alpha value is -6.20. The molecule has 0 unspecified atom stereocenters. The molecular weight excluding hydrogens is 745 g/mol. The first kappa shape index (κ1) is 40.2. The van der Waals surface area contributed by atoms with Gasteiger partial charge >= 0.3 is 0 Å². The number of hydrogen-bond acceptors (Lipinski definition) is 3. The molecule has 4 heterocycles. The first-order valence-electron chi connectivity index (χ1n) is 21.6. The van der Waals surface area contributed by atoms with E-state index in [1.807, 2.05) is 12.4 Å². The molecule has 0 N–H and O–H groups in total. The highest BCUT2D eigenvalue weighted by Gasteiger charge is 2.25. The van der Waals surface area contributed by atoms with E-state index in [0.29, 0.717) is 0 Å². The van der Waals surface area contributed by atoms with Gasteiger partial charge in [0.15, 0.2) is 0 Å². The second-order valence-electron chi connectivity index (χ2n) is 21.0. The molecule has 5 heteroatoms. The highest BCUT2D eigenvalue weighted by molar-refractivity contribution is 6.12. The summed E-state index contributed by atoms with van der Waals surface area (Å²) < 4.78 is 11.9. The maximum Gasteiger partial charge on any atom is 0.137 e. The Balaban J connectivity index is 1.32. The van der Waals surface area contributed by atoms with Crippen molar-refractivity contribution in [3.05, 3.63) is 156 Å². The molecule has 0 radical (unpaired) electrons. The minimum atomic E-state index is -0.0579. The quantitative estimate of drug-likeness (QED) is 0.174. The lowest BCUT2D eigenvalue weighted by atomic mass is 9.79. The van der Waals surface area contributed by atoms with E-state index in [2.05, 4.69) is 214 Å². The lowest BCUT2D eigenvalue weighted by Crippen LogP contribution is -2.16. The standard InChI is InChI=1S/C56H58N4O/c1-53(2,3)36-23-25-57-51(30-36)59-46-19-15-13-17-41(46)43-22-21-40(32-48(43)59)61-50-34-49-45(33-44(50)35-27-38(55(7,8)9)29-39(28-35)56(10,11)12)42-18-14-16-20-47(42)60(49)52-31-37(24-26-58-52)54(4,5)6/h13-34H,1-12H3. The van der Waals surface area contributed by atoms with Crippen molar-refractivity contribution in [3.8, 4) is 34.3 Å². The van der Waals surface area contributed by atoms with Gasteiger partial charge < -0.3 is 4.74 Å². The van der Waals surface area contributed by atoms with E-state index >= 15 is 0 Å². The fraction of sp³-hybridized carbons (Fsp3) is 0.286. The van der Waals surface area contributed by atoms with Crippen LogP contribution in [0.1, 0.15) is 105 Å². The Morgan fingerprint density at radius 1 is 0.393 bits per heavy atom. The fourth-order valence-electron chi connectivity index (χ4n) is 8.60. The van der Waals surface area contributed by atoms with E-state index in [9.17, 15) is 0 Å². The smallest absolute Gasteiger partial charge is 0.137 e. The number of fused-ring (bicyclic) bond motifs is 6. The summed E-state index contributed by atoms with van der Waals surface area (Å²) in [5.74, 6) is 3.31. The molecule has 9 rings (SSSR count). The molecule has 0 saturated carbocycles. The third-order valence-electron chi connectivity index (χ3n) is 12.3. The lowest BCUT2D eigenvalue weighted by molar-refractivity contribution is 0.485. The maximum atomic E-state index is 7.29. The van der Waals surface area contributed by atoms with Gasteiger partial charge in [-0.05, 0) is 104 Å². The number of rotatable bonds is 5. The molecule has 4 aromatic heterocycles. The SMILES string of the molecule is CC(C)(C)c1cc(-c2cc3c4ccccc4n(-c4cc(C(C)(C)C)ccn4)c3cc2Oc2ccc3c4ccccc4n(-c4cc(C(C)(C)C)ccn4)c3c2)cc(C(C)(C)C)c1. The molecule has 5 nitrogen and oxygen atoms in total. The molecule has 61 heavy (non-hydrogen) atoms. The van der Waals surface area contributed by atoms with Gasteiger partial charge in [-0.25, -0.2) is 9.97 Å². The Morgan fingerprint density at radius 3 is 1.36 bits per heavy atom. The Kier molecular flexibility index (Phi) is 9.36. The first-order valence-corrected chi connectivity index (χ1v) is 21.6. The van der Waals surface area contributed by atoms with E-state index in [4.69, 9.17) is 14.7 Å². The molecule has 0 aliphatic heterocycles. The van der Waals surface area contributed by atoms with E-state index < -0.39 is 0 Å². The van der Waals surface area contributed by atoms with E-state index in [1.165, 1.54) is 33.0 Å². The summed E-state index contributed by atoms with van der Waals surface area (Å²) in [5, 5.41) is 4.66. The molecule has 0 amide bonds. The van der Waals surface area contributed by atoms with Crippen molar-refractivity contribution >= 4 is 43.6 Å². The van der Waals surface area contributed by atoms with Crippen LogP contribution < -0.4 is 4.74 Å². The van der Waals surface area contributed by atoms with Crippen LogP contribution >= 0.6 is 0 Å². The molecule has 0 bridgehead atoms. The number of nitrogens with zero attached hydrogens (tertiary/aromatic N) is 4. The average molecular weight is 803 g/mol. The molecule has 308 valence electrons. The predicted octanol–water partition coefficient (Wildman–Crippen LogP) is 15.3. The molecule has 9 aromatic rings. The number of pyridine rings is 2. The number of ether oxygens (including phenoxy) is 1. The summed E-state index contributed by atoms with van der Waals surface area (Å²) in [6.07, 6.45) is 3.87. The zero-order chi connectivity index (χ0) is 43.2. The number of para-hydroxylation sites is 2. The van der Waals surface area contributed by atoms with Crippen LogP contribution in [0.4, 0.5) is 0 Å². The molecule has 0 saturated heterocycles. The fourth-order valence-corrected chi connectivity index (χ4v) is 8.60. The molecule has 0 aliphatic rings. The van der Waals surface area contributed by atoms with Crippen LogP contribution in [0.3, 0.4) is 0 Å². The molecule has 0 fully saturated rings. The minimum Gasteiger partial charge on any atom is -0.457 e. The van der Waals surface area contributed by atoms with Gasteiger partial charge in [0.25, 0.3) is 0 Å². The van der Waals surface area contributed by atoms with Crippen LogP contribution in [0, 0.1) is 0 Å². The van der Waals surface area contributed by atoms with Gasteiger partial charge in [0, 0.05) is 51.6 Å². The monoisotopic (exact) mass is 802 g/mol. The maximum absolute atomic E-state index is 7.29. The van der Waals surface area contributed by atoms with Crippen molar-refractivity contribution in [2.24, 2.45) is 0 Å². The highest BCUT2D eigenvalue weighted by Crippen LogP contribution is 2.45. The van der Waals surface area contributed by atoms with Gasteiger partial charge in [-0.15, -0.1) is 0 Å². The number of hydrogen-bond donors (Lipinski definition) is 0. The Morgan fingerprint density at radius 2 is 0.852 bits per heavy atom. The van der Waals surface area contributed by atoms with Crippen LogP contribution in [0.5, 0.6) is 11.5 Å². The summed E-state index contributed by atoms with van der Waals surface area (Å²) in [7, 11) is 0. The average Bonchev–Trinajstić information content (AvgIpc) is 3.71. The van der Waals surface area contributed by atoms with Gasteiger partial charge in [0.1, 0.15) is 23.1 Å². The van der Waals surface area contributed by atoms with E-state index in [-0.39, 0.29) is 21.7 Å². The normalized spacial score (nSPS) is 12.9. The molecule has 0 spiro atoms. The van der Waals surface area contributed by atoms with Crippen molar-refractivity contribution in [3.63, 3.8) is 0 Å². The topological polar surface area (TPSA) is 44.9 Å². The van der Waals surface area contributed by atoms with Gasteiger partial charge in [-0.2, -0.15) is 0 Å². The largest absolute Gasteiger partial charge is 0.457 e. The zero-order valence-corrected chi connectivity index (χ0v) is 37.9.